The number of aromatic nitrogens is 2. The molecule has 0 atom stereocenters. The zero-order valence-corrected chi connectivity index (χ0v) is 21.5. The van der Waals surface area contributed by atoms with Crippen LogP contribution < -0.4 is 4.90 Å². The largest absolute Gasteiger partial charge is 0.302 e. The number of para-hydroxylation sites is 1. The van der Waals surface area contributed by atoms with Crippen LogP contribution in [0.25, 0.3) is 0 Å². The van der Waals surface area contributed by atoms with E-state index >= 15 is 0 Å². The molecule has 2 heterocycles. The lowest BCUT2D eigenvalue weighted by molar-refractivity contribution is 0.0984. The lowest BCUT2D eigenvalue weighted by Gasteiger charge is -2.28. The zero-order valence-electron chi connectivity index (χ0n) is 20.6. The van der Waals surface area contributed by atoms with Crippen molar-refractivity contribution >= 4 is 21.6 Å². The molecule has 0 aliphatic carbocycles. The molecule has 0 radical (unpaired) electrons. The van der Waals surface area contributed by atoms with Crippen LogP contribution in [-0.4, -0.2) is 35.0 Å². The van der Waals surface area contributed by atoms with Gasteiger partial charge in [0.1, 0.15) is 5.82 Å². The van der Waals surface area contributed by atoms with Gasteiger partial charge in [-0.15, -0.1) is 0 Å². The van der Waals surface area contributed by atoms with Gasteiger partial charge in [0.25, 0.3) is 5.91 Å². The fraction of sp³-hybridized carbons (Fsp3) is 0.214. The second kappa shape index (κ2) is 9.91. The number of hydrogen-bond acceptors (Lipinski definition) is 4. The molecular weight excluding hydrogens is 491 g/mol. The first-order valence-electron chi connectivity index (χ1n) is 12.0. The van der Waals surface area contributed by atoms with Crippen LogP contribution >= 0.6 is 0 Å². The lowest BCUT2D eigenvalue weighted by atomic mass is 10.1. The average molecular weight is 519 g/mol. The number of rotatable bonds is 6. The number of sulfonamides is 1. The summed E-state index contributed by atoms with van der Waals surface area (Å²) in [5.41, 5.74) is 4.71. The molecule has 7 nitrogen and oxygen atoms in total. The molecule has 1 aliphatic heterocycles. The van der Waals surface area contributed by atoms with E-state index in [1.807, 2.05) is 56.4 Å². The molecule has 1 aromatic heterocycles. The first-order chi connectivity index (χ1) is 17.7. The predicted octanol–water partition coefficient (Wildman–Crippen LogP) is 4.46. The molecule has 4 aromatic rings. The number of carbonyl (C=O) groups is 1. The number of nitrogens with zero attached hydrogens (tertiary/aromatic N) is 4. The summed E-state index contributed by atoms with van der Waals surface area (Å²) in [7, 11) is -1.99. The summed E-state index contributed by atoms with van der Waals surface area (Å²) in [6.45, 7) is 2.56. The molecule has 0 saturated heterocycles. The number of aryl methyl sites for hydroxylation is 2. The maximum Gasteiger partial charge on any atom is 0.258 e. The molecule has 0 saturated carbocycles. The standard InChI is InChI=1S/C28H27FN4O3S/c1-20-8-10-21(11-9-20)28(34)33(23-6-4-3-5-7-23)19-26-25-18-32(17-16-27(25)31(2)30-26)37(35,36)24-14-12-22(29)13-15-24/h3-15H,16-19H2,1-2H3. The van der Waals surface area contributed by atoms with E-state index in [0.29, 0.717) is 17.7 Å². The topological polar surface area (TPSA) is 75.5 Å². The fourth-order valence-electron chi connectivity index (χ4n) is 4.62. The van der Waals surface area contributed by atoms with E-state index in [0.717, 1.165) is 34.6 Å². The summed E-state index contributed by atoms with van der Waals surface area (Å²) in [6, 6.07) is 21.6. The maximum atomic E-state index is 13.6. The number of hydrogen-bond donors (Lipinski definition) is 0. The molecule has 1 amide bonds. The number of carbonyl (C=O) groups excluding carboxylic acids is 1. The highest BCUT2D eigenvalue weighted by Crippen LogP contribution is 2.29. The Bertz CT molecular complexity index is 1530. The van der Waals surface area contributed by atoms with Gasteiger partial charge in [-0.25, -0.2) is 12.8 Å². The highest BCUT2D eigenvalue weighted by Gasteiger charge is 2.33. The SMILES string of the molecule is Cc1ccc(C(=O)N(Cc2nn(C)c3c2CN(S(=O)(=O)c2ccc(F)cc2)CC3)c2ccccc2)cc1. The minimum absolute atomic E-state index is 0.0447. The second-order valence-electron chi connectivity index (χ2n) is 9.13. The highest BCUT2D eigenvalue weighted by molar-refractivity contribution is 7.89. The fourth-order valence-corrected chi connectivity index (χ4v) is 6.03. The van der Waals surface area contributed by atoms with E-state index in [2.05, 4.69) is 0 Å². The van der Waals surface area contributed by atoms with Crippen LogP contribution in [0, 0.1) is 12.7 Å². The van der Waals surface area contributed by atoms with Gasteiger partial charge in [-0.05, 0) is 55.5 Å². The Morgan fingerprint density at radius 2 is 1.68 bits per heavy atom. The molecule has 0 bridgehead atoms. The lowest BCUT2D eigenvalue weighted by Crippen LogP contribution is -2.37. The monoisotopic (exact) mass is 518 g/mol. The molecule has 1 aliphatic rings. The third-order valence-electron chi connectivity index (χ3n) is 6.66. The normalized spacial score (nSPS) is 13.8. The number of anilines is 1. The Morgan fingerprint density at radius 3 is 2.35 bits per heavy atom. The van der Waals surface area contributed by atoms with Gasteiger partial charge in [-0.3, -0.25) is 9.48 Å². The van der Waals surface area contributed by atoms with Crippen molar-refractivity contribution in [1.29, 1.82) is 0 Å². The van der Waals surface area contributed by atoms with E-state index in [1.165, 1.54) is 16.4 Å². The van der Waals surface area contributed by atoms with Gasteiger partial charge in [0.2, 0.25) is 10.0 Å². The smallest absolute Gasteiger partial charge is 0.258 e. The number of amides is 1. The molecule has 0 fully saturated rings. The van der Waals surface area contributed by atoms with Crippen molar-refractivity contribution in [1.82, 2.24) is 14.1 Å². The first kappa shape index (κ1) is 24.9. The zero-order chi connectivity index (χ0) is 26.2. The molecule has 9 heteroatoms. The van der Waals surface area contributed by atoms with Crippen molar-refractivity contribution < 1.29 is 17.6 Å². The van der Waals surface area contributed by atoms with Crippen molar-refractivity contribution in [3.05, 3.63) is 113 Å². The molecule has 37 heavy (non-hydrogen) atoms. The van der Waals surface area contributed by atoms with E-state index in [4.69, 9.17) is 5.10 Å². The number of halogens is 1. The summed E-state index contributed by atoms with van der Waals surface area (Å²) >= 11 is 0. The molecule has 5 rings (SSSR count). The molecule has 0 unspecified atom stereocenters. The van der Waals surface area contributed by atoms with Crippen LogP contribution in [0.5, 0.6) is 0 Å². The third-order valence-corrected chi connectivity index (χ3v) is 8.52. The summed E-state index contributed by atoms with van der Waals surface area (Å²) in [5, 5.41) is 4.70. The van der Waals surface area contributed by atoms with Gasteiger partial charge in [-0.1, -0.05) is 35.9 Å². The van der Waals surface area contributed by atoms with Crippen LogP contribution in [0.4, 0.5) is 10.1 Å². The minimum Gasteiger partial charge on any atom is -0.302 e. The molecular formula is C28H27FN4O3S. The Balaban J connectivity index is 1.49. The molecule has 0 spiro atoms. The van der Waals surface area contributed by atoms with Gasteiger partial charge in [-0.2, -0.15) is 9.40 Å². The van der Waals surface area contributed by atoms with Gasteiger partial charge in [0.15, 0.2) is 0 Å². The highest BCUT2D eigenvalue weighted by atomic mass is 32.2. The van der Waals surface area contributed by atoms with Gasteiger partial charge in [0, 0.05) is 49.1 Å². The maximum absolute atomic E-state index is 13.6. The van der Waals surface area contributed by atoms with Crippen molar-refractivity contribution in [2.75, 3.05) is 11.4 Å². The number of fused-ring (bicyclic) bond motifs is 1. The van der Waals surface area contributed by atoms with Gasteiger partial charge >= 0.3 is 0 Å². The Labute approximate surface area is 215 Å². The summed E-state index contributed by atoms with van der Waals surface area (Å²) in [4.78, 5) is 15.3. The Kier molecular flexibility index (Phi) is 6.66. The van der Waals surface area contributed by atoms with Crippen LogP contribution in [-0.2, 0) is 36.6 Å². The Morgan fingerprint density at radius 1 is 1.00 bits per heavy atom. The van der Waals surface area contributed by atoms with Gasteiger partial charge < -0.3 is 4.90 Å². The summed E-state index contributed by atoms with van der Waals surface area (Å²) in [6.07, 6.45) is 0.483. The van der Waals surface area contributed by atoms with Crippen molar-refractivity contribution in [2.45, 2.75) is 31.3 Å². The Hall–Kier alpha value is -3.82. The van der Waals surface area contributed by atoms with E-state index in [9.17, 15) is 17.6 Å². The average Bonchev–Trinajstić information content (AvgIpc) is 3.22. The molecule has 3 aromatic carbocycles. The summed E-state index contributed by atoms with van der Waals surface area (Å²) < 4.78 is 43.2. The van der Waals surface area contributed by atoms with Crippen LogP contribution in [0.1, 0.15) is 32.9 Å². The number of benzene rings is 3. The van der Waals surface area contributed by atoms with E-state index < -0.39 is 15.8 Å². The second-order valence-corrected chi connectivity index (χ2v) is 11.1. The van der Waals surface area contributed by atoms with E-state index in [1.54, 1.807) is 21.7 Å². The quantitative estimate of drug-likeness (QED) is 0.378. The third kappa shape index (κ3) is 4.92. The summed E-state index contributed by atoms with van der Waals surface area (Å²) in [5.74, 6) is -0.661. The van der Waals surface area contributed by atoms with Crippen LogP contribution in [0.15, 0.2) is 83.8 Å². The van der Waals surface area contributed by atoms with Crippen LogP contribution in [0.3, 0.4) is 0 Å². The van der Waals surface area contributed by atoms with Crippen molar-refractivity contribution in [2.24, 2.45) is 7.05 Å². The first-order valence-corrected chi connectivity index (χ1v) is 13.4. The predicted molar refractivity (Wildman–Crippen MR) is 139 cm³/mol. The minimum atomic E-state index is -3.82. The van der Waals surface area contributed by atoms with Crippen molar-refractivity contribution in [3.63, 3.8) is 0 Å². The molecule has 0 N–H and O–H groups in total. The van der Waals surface area contributed by atoms with Crippen LogP contribution in [0.2, 0.25) is 0 Å². The van der Waals surface area contributed by atoms with Crippen molar-refractivity contribution in [3.8, 4) is 0 Å². The van der Waals surface area contributed by atoms with E-state index in [-0.39, 0.29) is 30.4 Å². The molecule has 190 valence electrons. The van der Waals surface area contributed by atoms with Gasteiger partial charge in [0.05, 0.1) is 17.1 Å².